The van der Waals surface area contributed by atoms with Crippen LogP contribution in [0.15, 0.2) is 0 Å². The Labute approximate surface area is 57.1 Å². The zero-order chi connectivity index (χ0) is 6.85. The van der Waals surface area contributed by atoms with E-state index in [4.69, 9.17) is 0 Å². The van der Waals surface area contributed by atoms with Crippen LogP contribution in [0.1, 0.15) is 33.1 Å². The van der Waals surface area contributed by atoms with Crippen LogP contribution < -0.4 is 0 Å². The van der Waals surface area contributed by atoms with Crippen LogP contribution in [-0.2, 0) is 0 Å². The minimum absolute atomic E-state index is 0.00352. The Morgan fingerprint density at radius 3 is 2.22 bits per heavy atom. The Bertz CT molecular complexity index is 90.6. The van der Waals surface area contributed by atoms with Gasteiger partial charge in [-0.15, -0.1) is 0 Å². The van der Waals surface area contributed by atoms with Crippen molar-refractivity contribution in [2.75, 3.05) is 0 Å². The fourth-order valence-electron chi connectivity index (χ4n) is 1.52. The molecule has 1 fully saturated rings. The van der Waals surface area contributed by atoms with Gasteiger partial charge in [0.25, 0.3) is 0 Å². The van der Waals surface area contributed by atoms with Gasteiger partial charge in [-0.05, 0) is 31.1 Å². The first-order valence-electron chi connectivity index (χ1n) is 3.88. The Kier molecular flexibility index (Phi) is 2.12. The fourth-order valence-corrected chi connectivity index (χ4v) is 1.52. The van der Waals surface area contributed by atoms with E-state index in [1.165, 1.54) is 6.42 Å². The molecular formula is C8H16O. The molecule has 1 nitrogen and oxygen atoms in total. The number of aliphatic hydroxyl groups is 1. The predicted octanol–water partition coefficient (Wildman–Crippen LogP) is 1.80. The van der Waals surface area contributed by atoms with Crippen molar-refractivity contribution in [3.05, 3.63) is 0 Å². The first-order valence-corrected chi connectivity index (χ1v) is 3.88. The average molecular weight is 128 g/mol. The van der Waals surface area contributed by atoms with E-state index in [2.05, 4.69) is 13.8 Å². The summed E-state index contributed by atoms with van der Waals surface area (Å²) in [4.78, 5) is 0. The second-order valence-corrected chi connectivity index (χ2v) is 3.42. The van der Waals surface area contributed by atoms with Crippen molar-refractivity contribution < 1.29 is 5.11 Å². The molecular weight excluding hydrogens is 112 g/mol. The molecule has 1 saturated carbocycles. The van der Waals surface area contributed by atoms with Crippen LogP contribution in [0.3, 0.4) is 0 Å². The van der Waals surface area contributed by atoms with Gasteiger partial charge in [0.2, 0.25) is 0 Å². The van der Waals surface area contributed by atoms with Crippen molar-refractivity contribution in [1.82, 2.24) is 0 Å². The molecule has 0 radical (unpaired) electrons. The molecule has 1 rings (SSSR count). The van der Waals surface area contributed by atoms with Crippen LogP contribution in [0.4, 0.5) is 0 Å². The molecule has 1 aliphatic carbocycles. The molecule has 0 aromatic heterocycles. The van der Waals surface area contributed by atoms with Crippen molar-refractivity contribution in [1.29, 1.82) is 0 Å². The van der Waals surface area contributed by atoms with Crippen LogP contribution in [0, 0.1) is 11.8 Å². The zero-order valence-corrected chi connectivity index (χ0v) is 6.30. The minimum Gasteiger partial charge on any atom is -0.393 e. The lowest BCUT2D eigenvalue weighted by Gasteiger charge is -2.28. The lowest BCUT2D eigenvalue weighted by molar-refractivity contribution is 0.0807. The summed E-state index contributed by atoms with van der Waals surface area (Å²) in [5.41, 5.74) is 0. The van der Waals surface area contributed by atoms with Gasteiger partial charge in [0.1, 0.15) is 0 Å². The topological polar surface area (TPSA) is 20.2 Å². The Balaban J connectivity index is 2.35. The SMILES string of the molecule is C[C@@H]1CC[C@H](O)C[C@H]1C. The summed E-state index contributed by atoms with van der Waals surface area (Å²) in [5.74, 6) is 1.56. The molecule has 0 heterocycles. The maximum Gasteiger partial charge on any atom is 0.0543 e. The maximum absolute atomic E-state index is 9.20. The summed E-state index contributed by atoms with van der Waals surface area (Å²) < 4.78 is 0. The molecule has 0 bridgehead atoms. The fraction of sp³-hybridized carbons (Fsp3) is 1.00. The van der Waals surface area contributed by atoms with Crippen LogP contribution in [0.5, 0.6) is 0 Å². The van der Waals surface area contributed by atoms with Crippen LogP contribution >= 0.6 is 0 Å². The summed E-state index contributed by atoms with van der Waals surface area (Å²) in [5, 5.41) is 9.20. The van der Waals surface area contributed by atoms with Crippen molar-refractivity contribution in [3.63, 3.8) is 0 Å². The van der Waals surface area contributed by atoms with Gasteiger partial charge in [0, 0.05) is 0 Å². The average Bonchev–Trinajstić information content (AvgIpc) is 1.80. The molecule has 1 N–H and O–H groups in total. The third kappa shape index (κ3) is 1.68. The molecule has 0 saturated heterocycles. The van der Waals surface area contributed by atoms with Gasteiger partial charge in [-0.3, -0.25) is 0 Å². The molecule has 0 unspecified atom stereocenters. The third-order valence-electron chi connectivity index (χ3n) is 2.57. The lowest BCUT2D eigenvalue weighted by atomic mass is 9.80. The second-order valence-electron chi connectivity index (χ2n) is 3.42. The van der Waals surface area contributed by atoms with Crippen molar-refractivity contribution in [2.45, 2.75) is 39.2 Å². The summed E-state index contributed by atoms with van der Waals surface area (Å²) in [7, 11) is 0. The molecule has 1 heteroatoms. The van der Waals surface area contributed by atoms with Gasteiger partial charge in [-0.25, -0.2) is 0 Å². The molecule has 0 aliphatic heterocycles. The molecule has 0 amide bonds. The predicted molar refractivity (Wildman–Crippen MR) is 38.2 cm³/mol. The van der Waals surface area contributed by atoms with Gasteiger partial charge in [-0.1, -0.05) is 13.8 Å². The smallest absolute Gasteiger partial charge is 0.0543 e. The second kappa shape index (κ2) is 2.70. The maximum atomic E-state index is 9.20. The molecule has 0 spiro atoms. The highest BCUT2D eigenvalue weighted by atomic mass is 16.3. The third-order valence-corrected chi connectivity index (χ3v) is 2.57. The molecule has 54 valence electrons. The Morgan fingerprint density at radius 1 is 1.11 bits per heavy atom. The van der Waals surface area contributed by atoms with Crippen LogP contribution in [0.25, 0.3) is 0 Å². The number of rotatable bonds is 0. The number of hydrogen-bond donors (Lipinski definition) is 1. The van der Waals surface area contributed by atoms with E-state index in [1.54, 1.807) is 0 Å². The Morgan fingerprint density at radius 2 is 1.78 bits per heavy atom. The van der Waals surface area contributed by atoms with E-state index in [9.17, 15) is 5.11 Å². The Hall–Kier alpha value is -0.0400. The van der Waals surface area contributed by atoms with Crippen LogP contribution in [0.2, 0.25) is 0 Å². The quantitative estimate of drug-likeness (QED) is 0.527. The van der Waals surface area contributed by atoms with E-state index in [1.807, 2.05) is 0 Å². The first-order chi connectivity index (χ1) is 4.20. The number of hydrogen-bond acceptors (Lipinski definition) is 1. The first kappa shape index (κ1) is 7.07. The van der Waals surface area contributed by atoms with E-state index in [-0.39, 0.29) is 6.10 Å². The van der Waals surface area contributed by atoms with Crippen LogP contribution in [-0.4, -0.2) is 11.2 Å². The summed E-state index contributed by atoms with van der Waals surface area (Å²) in [6.45, 7) is 4.50. The zero-order valence-electron chi connectivity index (χ0n) is 6.30. The van der Waals surface area contributed by atoms with Crippen molar-refractivity contribution in [3.8, 4) is 0 Å². The highest BCUT2D eigenvalue weighted by Gasteiger charge is 2.22. The highest BCUT2D eigenvalue weighted by Crippen LogP contribution is 2.28. The molecule has 0 aromatic rings. The van der Waals surface area contributed by atoms with E-state index < -0.39 is 0 Å². The molecule has 3 atom stereocenters. The van der Waals surface area contributed by atoms with Gasteiger partial charge in [0.15, 0.2) is 0 Å². The van der Waals surface area contributed by atoms with Crippen molar-refractivity contribution in [2.24, 2.45) is 11.8 Å². The monoisotopic (exact) mass is 128 g/mol. The number of aliphatic hydroxyl groups excluding tert-OH is 1. The minimum atomic E-state index is -0.00352. The molecule has 9 heavy (non-hydrogen) atoms. The largest absolute Gasteiger partial charge is 0.393 e. The van der Waals surface area contributed by atoms with Gasteiger partial charge in [-0.2, -0.15) is 0 Å². The molecule has 0 aromatic carbocycles. The van der Waals surface area contributed by atoms with Gasteiger partial charge < -0.3 is 5.11 Å². The van der Waals surface area contributed by atoms with E-state index in [0.29, 0.717) is 0 Å². The molecule has 1 aliphatic rings. The highest BCUT2D eigenvalue weighted by molar-refractivity contribution is 4.73. The summed E-state index contributed by atoms with van der Waals surface area (Å²) >= 11 is 0. The van der Waals surface area contributed by atoms with Gasteiger partial charge in [0.05, 0.1) is 6.10 Å². The lowest BCUT2D eigenvalue weighted by Crippen LogP contribution is -2.23. The van der Waals surface area contributed by atoms with Crippen molar-refractivity contribution >= 4 is 0 Å². The van der Waals surface area contributed by atoms with Gasteiger partial charge >= 0.3 is 0 Å². The summed E-state index contributed by atoms with van der Waals surface area (Å²) in [6, 6.07) is 0. The van der Waals surface area contributed by atoms with E-state index in [0.717, 1.165) is 24.7 Å². The van der Waals surface area contributed by atoms with E-state index >= 15 is 0 Å². The standard InChI is InChI=1S/C8H16O/c1-6-3-4-8(9)5-7(6)2/h6-9H,3-5H2,1-2H3/t6-,7-,8+/m1/s1. The summed E-state index contributed by atoms with van der Waals surface area (Å²) in [6.07, 6.45) is 3.24. The normalized spacial score (nSPS) is 45.0.